The van der Waals surface area contributed by atoms with E-state index in [2.05, 4.69) is 14.5 Å². The summed E-state index contributed by atoms with van der Waals surface area (Å²) in [5, 5.41) is 1.38. The molecule has 3 rings (SSSR count). The molecule has 0 fully saturated rings. The standard InChI is InChI=1S/C13H12ClN3O/c1-8-5-17(10-3-2-9(4-10)6-18)13-11(8)12(14)15-7-16-13/h4-7,10H,2-3H2,1H3. The molecule has 92 valence electrons. The fourth-order valence-corrected chi connectivity index (χ4v) is 2.80. The van der Waals surface area contributed by atoms with E-state index in [-0.39, 0.29) is 6.04 Å². The van der Waals surface area contributed by atoms with Gasteiger partial charge >= 0.3 is 0 Å². The third-order valence-corrected chi connectivity index (χ3v) is 3.68. The van der Waals surface area contributed by atoms with Gasteiger partial charge in [-0.25, -0.2) is 9.97 Å². The molecule has 2 aromatic rings. The van der Waals surface area contributed by atoms with Crippen LogP contribution in [0.25, 0.3) is 11.0 Å². The van der Waals surface area contributed by atoms with Crippen molar-refractivity contribution in [2.75, 3.05) is 0 Å². The van der Waals surface area contributed by atoms with Gasteiger partial charge in [0, 0.05) is 6.20 Å². The van der Waals surface area contributed by atoms with Gasteiger partial charge in [0.05, 0.1) is 11.4 Å². The molecule has 0 bridgehead atoms. The molecule has 0 radical (unpaired) electrons. The van der Waals surface area contributed by atoms with Gasteiger partial charge in [0.2, 0.25) is 0 Å². The average molecular weight is 262 g/mol. The predicted octanol–water partition coefficient (Wildman–Crippen LogP) is 2.85. The Kier molecular flexibility index (Phi) is 2.67. The van der Waals surface area contributed by atoms with Crippen LogP contribution in [-0.4, -0.2) is 20.8 Å². The Morgan fingerprint density at radius 3 is 3.06 bits per heavy atom. The average Bonchev–Trinajstić information content (AvgIpc) is 2.94. The van der Waals surface area contributed by atoms with Gasteiger partial charge in [0.15, 0.2) is 0 Å². The second-order valence-corrected chi connectivity index (χ2v) is 4.91. The van der Waals surface area contributed by atoms with Gasteiger partial charge < -0.3 is 4.57 Å². The largest absolute Gasteiger partial charge is 0.325 e. The van der Waals surface area contributed by atoms with Gasteiger partial charge in [-0.1, -0.05) is 17.7 Å². The lowest BCUT2D eigenvalue weighted by molar-refractivity contribution is -0.105. The van der Waals surface area contributed by atoms with E-state index in [0.717, 1.165) is 41.3 Å². The number of allylic oxidation sites excluding steroid dienone is 2. The molecule has 0 saturated heterocycles. The molecule has 4 nitrogen and oxygen atoms in total. The number of aromatic nitrogens is 3. The maximum absolute atomic E-state index is 10.8. The van der Waals surface area contributed by atoms with Crippen LogP contribution in [-0.2, 0) is 4.79 Å². The van der Waals surface area contributed by atoms with Gasteiger partial charge in [-0.15, -0.1) is 0 Å². The second-order valence-electron chi connectivity index (χ2n) is 4.55. The lowest BCUT2D eigenvalue weighted by atomic mass is 10.2. The molecular formula is C13H12ClN3O. The van der Waals surface area contributed by atoms with Crippen molar-refractivity contribution in [1.82, 2.24) is 14.5 Å². The maximum atomic E-state index is 10.8. The van der Waals surface area contributed by atoms with E-state index in [0.29, 0.717) is 5.15 Å². The number of nitrogens with zero attached hydrogens (tertiary/aromatic N) is 3. The van der Waals surface area contributed by atoms with Gasteiger partial charge in [-0.3, -0.25) is 4.79 Å². The zero-order valence-corrected chi connectivity index (χ0v) is 10.7. The van der Waals surface area contributed by atoms with E-state index >= 15 is 0 Å². The van der Waals surface area contributed by atoms with Crippen molar-refractivity contribution in [3.63, 3.8) is 0 Å². The number of carbonyl (C=O) groups excluding carboxylic acids is 1. The van der Waals surface area contributed by atoms with Crippen molar-refractivity contribution >= 4 is 28.9 Å². The quantitative estimate of drug-likeness (QED) is 0.617. The van der Waals surface area contributed by atoms with E-state index < -0.39 is 0 Å². The summed E-state index contributed by atoms with van der Waals surface area (Å²) in [6.07, 6.45) is 8.19. The SMILES string of the molecule is Cc1cn(C2C=C(C=O)CC2)c2ncnc(Cl)c12. The number of carbonyl (C=O) groups is 1. The van der Waals surface area contributed by atoms with Crippen LogP contribution in [0.4, 0.5) is 0 Å². The molecular weight excluding hydrogens is 250 g/mol. The van der Waals surface area contributed by atoms with Crippen LogP contribution in [0.15, 0.2) is 24.2 Å². The highest BCUT2D eigenvalue weighted by atomic mass is 35.5. The van der Waals surface area contributed by atoms with E-state index in [1.807, 2.05) is 19.2 Å². The second kappa shape index (κ2) is 4.21. The molecule has 1 unspecified atom stereocenters. The summed E-state index contributed by atoms with van der Waals surface area (Å²) in [6.45, 7) is 1.99. The van der Waals surface area contributed by atoms with Crippen molar-refractivity contribution < 1.29 is 4.79 Å². The Morgan fingerprint density at radius 1 is 1.50 bits per heavy atom. The fourth-order valence-electron chi connectivity index (χ4n) is 2.52. The summed E-state index contributed by atoms with van der Waals surface area (Å²) < 4.78 is 2.08. The smallest absolute Gasteiger partial charge is 0.145 e. The minimum Gasteiger partial charge on any atom is -0.325 e. The van der Waals surface area contributed by atoms with Crippen molar-refractivity contribution in [2.45, 2.75) is 25.8 Å². The molecule has 2 aromatic heterocycles. The van der Waals surface area contributed by atoms with E-state index in [9.17, 15) is 4.79 Å². The lowest BCUT2D eigenvalue weighted by Crippen LogP contribution is -2.02. The molecule has 0 amide bonds. The van der Waals surface area contributed by atoms with Crippen LogP contribution < -0.4 is 0 Å². The monoisotopic (exact) mass is 261 g/mol. The molecule has 1 atom stereocenters. The highest BCUT2D eigenvalue weighted by Gasteiger charge is 2.20. The van der Waals surface area contributed by atoms with Gasteiger partial charge in [-0.2, -0.15) is 0 Å². The highest BCUT2D eigenvalue weighted by Crippen LogP contribution is 2.33. The number of aldehydes is 1. The van der Waals surface area contributed by atoms with Crippen LogP contribution in [0.3, 0.4) is 0 Å². The Balaban J connectivity index is 2.17. The number of hydrogen-bond acceptors (Lipinski definition) is 3. The summed E-state index contributed by atoms with van der Waals surface area (Å²) in [5.74, 6) is 0. The minimum atomic E-state index is 0.187. The molecule has 0 aromatic carbocycles. The van der Waals surface area contributed by atoms with Crippen molar-refractivity contribution in [3.8, 4) is 0 Å². The minimum absolute atomic E-state index is 0.187. The van der Waals surface area contributed by atoms with Crippen LogP contribution in [0.2, 0.25) is 5.15 Å². The first-order valence-corrected chi connectivity index (χ1v) is 6.22. The summed E-state index contributed by atoms with van der Waals surface area (Å²) in [6, 6.07) is 0.187. The zero-order valence-electron chi connectivity index (χ0n) is 9.93. The molecule has 0 spiro atoms. The Morgan fingerprint density at radius 2 is 2.33 bits per heavy atom. The molecule has 5 heteroatoms. The summed E-state index contributed by atoms with van der Waals surface area (Å²) in [5.41, 5.74) is 2.75. The van der Waals surface area contributed by atoms with E-state index in [1.54, 1.807) is 0 Å². The zero-order chi connectivity index (χ0) is 12.7. The van der Waals surface area contributed by atoms with E-state index in [1.165, 1.54) is 6.33 Å². The third-order valence-electron chi connectivity index (χ3n) is 3.40. The first kappa shape index (κ1) is 11.4. The molecule has 1 aliphatic carbocycles. The number of rotatable bonds is 2. The van der Waals surface area contributed by atoms with Crippen molar-refractivity contribution in [1.29, 1.82) is 0 Å². The molecule has 18 heavy (non-hydrogen) atoms. The summed E-state index contributed by atoms with van der Waals surface area (Å²) >= 11 is 6.10. The third kappa shape index (κ3) is 1.64. The first-order chi connectivity index (χ1) is 8.70. The molecule has 2 heterocycles. The van der Waals surface area contributed by atoms with Gasteiger partial charge in [0.25, 0.3) is 0 Å². The molecule has 0 N–H and O–H groups in total. The molecule has 1 aliphatic rings. The van der Waals surface area contributed by atoms with Crippen LogP contribution in [0, 0.1) is 6.92 Å². The summed E-state index contributed by atoms with van der Waals surface area (Å²) in [4.78, 5) is 19.1. The Labute approximate surface area is 109 Å². The van der Waals surface area contributed by atoms with Gasteiger partial charge in [-0.05, 0) is 30.9 Å². The molecule has 0 aliphatic heterocycles. The Bertz CT molecular complexity index is 660. The normalized spacial score (nSPS) is 19.2. The van der Waals surface area contributed by atoms with Crippen LogP contribution in [0.1, 0.15) is 24.4 Å². The maximum Gasteiger partial charge on any atom is 0.145 e. The first-order valence-electron chi connectivity index (χ1n) is 5.84. The summed E-state index contributed by atoms with van der Waals surface area (Å²) in [7, 11) is 0. The highest BCUT2D eigenvalue weighted by molar-refractivity contribution is 6.34. The molecule has 0 saturated carbocycles. The number of fused-ring (bicyclic) bond motifs is 1. The lowest BCUT2D eigenvalue weighted by Gasteiger charge is -2.10. The number of hydrogen-bond donors (Lipinski definition) is 0. The van der Waals surface area contributed by atoms with Gasteiger partial charge in [0.1, 0.15) is 23.4 Å². The van der Waals surface area contributed by atoms with E-state index in [4.69, 9.17) is 11.6 Å². The topological polar surface area (TPSA) is 47.8 Å². The Hall–Kier alpha value is -1.68. The van der Waals surface area contributed by atoms with Crippen LogP contribution >= 0.6 is 11.6 Å². The predicted molar refractivity (Wildman–Crippen MR) is 69.7 cm³/mol. The fraction of sp³-hybridized carbons (Fsp3) is 0.308. The van der Waals surface area contributed by atoms with Crippen LogP contribution in [0.5, 0.6) is 0 Å². The number of halogens is 1. The number of aryl methyl sites for hydroxylation is 1. The van der Waals surface area contributed by atoms with Crippen molar-refractivity contribution in [3.05, 3.63) is 34.9 Å². The van der Waals surface area contributed by atoms with Crippen molar-refractivity contribution in [2.24, 2.45) is 0 Å².